The Labute approximate surface area is 147 Å². The summed E-state index contributed by atoms with van der Waals surface area (Å²) >= 11 is 0. The van der Waals surface area contributed by atoms with Gasteiger partial charge in [-0.2, -0.15) is 5.10 Å². The number of anilines is 1. The molecule has 1 amide bonds. The number of benzene rings is 2. The van der Waals surface area contributed by atoms with Crippen LogP contribution in [0.3, 0.4) is 0 Å². The molecule has 3 rings (SSSR count). The highest BCUT2D eigenvalue weighted by atomic mass is 16.1. The number of aromatic nitrogens is 2. The molecule has 1 N–H and O–H groups in total. The van der Waals surface area contributed by atoms with Gasteiger partial charge in [0.05, 0.1) is 24.0 Å². The van der Waals surface area contributed by atoms with Gasteiger partial charge in [0.15, 0.2) is 0 Å². The fourth-order valence-electron chi connectivity index (χ4n) is 2.75. The summed E-state index contributed by atoms with van der Waals surface area (Å²) in [6.07, 6.45) is 7.76. The lowest BCUT2D eigenvalue weighted by atomic mass is 10.1. The van der Waals surface area contributed by atoms with E-state index in [0.29, 0.717) is 17.8 Å². The molecule has 0 saturated carbocycles. The fourth-order valence-corrected chi connectivity index (χ4v) is 2.75. The summed E-state index contributed by atoms with van der Waals surface area (Å²) in [7, 11) is 0. The van der Waals surface area contributed by atoms with Crippen molar-refractivity contribution in [1.82, 2.24) is 9.78 Å². The molecular formula is C21H19N3O. The number of amides is 1. The van der Waals surface area contributed by atoms with Crippen molar-refractivity contribution < 1.29 is 4.79 Å². The van der Waals surface area contributed by atoms with E-state index in [-0.39, 0.29) is 5.91 Å². The maximum atomic E-state index is 12.6. The molecule has 0 unspecified atom stereocenters. The van der Waals surface area contributed by atoms with Gasteiger partial charge in [0, 0.05) is 11.3 Å². The second kappa shape index (κ2) is 7.50. The summed E-state index contributed by atoms with van der Waals surface area (Å²) in [5, 5.41) is 7.30. The van der Waals surface area contributed by atoms with Gasteiger partial charge >= 0.3 is 0 Å². The van der Waals surface area contributed by atoms with Crippen molar-refractivity contribution in [3.63, 3.8) is 0 Å². The lowest BCUT2D eigenvalue weighted by Crippen LogP contribution is -2.15. The van der Waals surface area contributed by atoms with Crippen LogP contribution in [-0.4, -0.2) is 15.7 Å². The van der Waals surface area contributed by atoms with Crippen LogP contribution in [0.25, 0.3) is 0 Å². The Kier molecular flexibility index (Phi) is 4.96. The zero-order valence-corrected chi connectivity index (χ0v) is 14.1. The van der Waals surface area contributed by atoms with Crippen LogP contribution < -0.4 is 5.32 Å². The normalized spacial score (nSPS) is 10.2. The third kappa shape index (κ3) is 3.78. The summed E-state index contributed by atoms with van der Waals surface area (Å²) in [6, 6.07) is 17.3. The Balaban J connectivity index is 1.82. The monoisotopic (exact) mass is 329 g/mol. The molecule has 25 heavy (non-hydrogen) atoms. The highest BCUT2D eigenvalue weighted by Gasteiger charge is 2.16. The first-order valence-corrected chi connectivity index (χ1v) is 8.18. The van der Waals surface area contributed by atoms with Crippen LogP contribution in [0.4, 0.5) is 5.69 Å². The number of nitrogens with one attached hydrogen (secondary N) is 1. The molecular weight excluding hydrogens is 310 g/mol. The van der Waals surface area contributed by atoms with Crippen molar-refractivity contribution in [2.45, 2.75) is 19.9 Å². The topological polar surface area (TPSA) is 46.9 Å². The van der Waals surface area contributed by atoms with Crippen molar-refractivity contribution in [2.75, 3.05) is 5.32 Å². The summed E-state index contributed by atoms with van der Waals surface area (Å²) < 4.78 is 1.88. The van der Waals surface area contributed by atoms with Gasteiger partial charge in [0.1, 0.15) is 0 Å². The van der Waals surface area contributed by atoms with Crippen molar-refractivity contribution in [2.24, 2.45) is 0 Å². The minimum atomic E-state index is -0.176. The van der Waals surface area contributed by atoms with E-state index in [2.05, 4.69) is 16.3 Å². The Hall–Kier alpha value is -3.32. The minimum Gasteiger partial charge on any atom is -0.322 e. The second-order valence-electron chi connectivity index (χ2n) is 5.68. The van der Waals surface area contributed by atoms with E-state index in [9.17, 15) is 4.79 Å². The van der Waals surface area contributed by atoms with Gasteiger partial charge < -0.3 is 5.32 Å². The SMILES string of the molecule is C#Cc1cccc(NC(=O)c2cnn(Cc3ccccc3)c2CC)c1. The van der Waals surface area contributed by atoms with Crippen LogP contribution >= 0.6 is 0 Å². The third-order valence-corrected chi connectivity index (χ3v) is 3.99. The Morgan fingerprint density at radius 3 is 2.72 bits per heavy atom. The van der Waals surface area contributed by atoms with Crippen LogP contribution in [0.5, 0.6) is 0 Å². The van der Waals surface area contributed by atoms with E-state index >= 15 is 0 Å². The molecule has 1 heterocycles. The van der Waals surface area contributed by atoms with Gasteiger partial charge in [-0.05, 0) is 30.2 Å². The molecule has 0 bridgehead atoms. The number of carbonyl (C=O) groups is 1. The average molecular weight is 329 g/mol. The number of nitrogens with zero attached hydrogens (tertiary/aromatic N) is 2. The quantitative estimate of drug-likeness (QED) is 0.725. The highest BCUT2D eigenvalue weighted by Crippen LogP contribution is 2.16. The van der Waals surface area contributed by atoms with E-state index in [0.717, 1.165) is 23.2 Å². The lowest BCUT2D eigenvalue weighted by molar-refractivity contribution is 0.102. The maximum absolute atomic E-state index is 12.6. The van der Waals surface area contributed by atoms with Gasteiger partial charge in [-0.3, -0.25) is 9.48 Å². The zero-order valence-electron chi connectivity index (χ0n) is 14.1. The number of carbonyl (C=O) groups excluding carboxylic acids is 1. The first-order valence-electron chi connectivity index (χ1n) is 8.18. The number of rotatable bonds is 5. The van der Waals surface area contributed by atoms with Crippen LogP contribution in [0.1, 0.15) is 34.1 Å². The molecule has 1 aromatic heterocycles. The molecule has 4 heteroatoms. The lowest BCUT2D eigenvalue weighted by Gasteiger charge is -2.09. The van der Waals surface area contributed by atoms with E-state index in [1.807, 2.05) is 60.1 Å². The minimum absolute atomic E-state index is 0.176. The first kappa shape index (κ1) is 16.5. The van der Waals surface area contributed by atoms with Crippen LogP contribution in [0.2, 0.25) is 0 Å². The Morgan fingerprint density at radius 2 is 2.00 bits per heavy atom. The molecule has 124 valence electrons. The molecule has 0 aliphatic rings. The maximum Gasteiger partial charge on any atom is 0.259 e. The molecule has 0 atom stereocenters. The van der Waals surface area contributed by atoms with Crippen LogP contribution in [0, 0.1) is 12.3 Å². The molecule has 0 saturated heterocycles. The molecule has 4 nitrogen and oxygen atoms in total. The van der Waals surface area contributed by atoms with Gasteiger partial charge in [0.25, 0.3) is 5.91 Å². The van der Waals surface area contributed by atoms with Crippen LogP contribution in [-0.2, 0) is 13.0 Å². The summed E-state index contributed by atoms with van der Waals surface area (Å²) in [5.41, 5.74) is 4.06. The standard InChI is InChI=1S/C21H19N3O/c1-3-16-11-8-12-18(13-16)23-21(25)19-14-22-24(20(19)4-2)15-17-9-6-5-7-10-17/h1,5-14H,4,15H2,2H3,(H,23,25). The Bertz CT molecular complexity index is 920. The molecule has 0 spiro atoms. The number of terminal acetylenes is 1. The zero-order chi connectivity index (χ0) is 17.6. The molecule has 0 aliphatic heterocycles. The van der Waals surface area contributed by atoms with E-state index in [4.69, 9.17) is 6.42 Å². The summed E-state index contributed by atoms with van der Waals surface area (Å²) in [5.74, 6) is 2.39. The summed E-state index contributed by atoms with van der Waals surface area (Å²) in [6.45, 7) is 2.66. The molecule has 0 radical (unpaired) electrons. The van der Waals surface area contributed by atoms with Crippen molar-refractivity contribution in [3.05, 3.63) is 83.2 Å². The van der Waals surface area contributed by atoms with Crippen molar-refractivity contribution in [1.29, 1.82) is 0 Å². The second-order valence-corrected chi connectivity index (χ2v) is 5.68. The van der Waals surface area contributed by atoms with Gasteiger partial charge in [-0.25, -0.2) is 0 Å². The van der Waals surface area contributed by atoms with Crippen LogP contribution in [0.15, 0.2) is 60.8 Å². The highest BCUT2D eigenvalue weighted by molar-refractivity contribution is 6.05. The van der Waals surface area contributed by atoms with Crippen molar-refractivity contribution in [3.8, 4) is 12.3 Å². The third-order valence-electron chi connectivity index (χ3n) is 3.99. The van der Waals surface area contributed by atoms with E-state index in [1.165, 1.54) is 0 Å². The Morgan fingerprint density at radius 1 is 1.20 bits per heavy atom. The largest absolute Gasteiger partial charge is 0.322 e. The predicted octanol–water partition coefficient (Wildman–Crippen LogP) is 3.73. The molecule has 2 aromatic carbocycles. The number of hydrogen-bond donors (Lipinski definition) is 1. The molecule has 3 aromatic rings. The van der Waals surface area contributed by atoms with Crippen molar-refractivity contribution >= 4 is 11.6 Å². The smallest absolute Gasteiger partial charge is 0.259 e. The molecule has 0 aliphatic carbocycles. The predicted molar refractivity (Wildman–Crippen MR) is 99.5 cm³/mol. The first-order chi connectivity index (χ1) is 12.2. The van der Waals surface area contributed by atoms with E-state index in [1.54, 1.807) is 12.3 Å². The van der Waals surface area contributed by atoms with Gasteiger partial charge in [-0.15, -0.1) is 6.42 Å². The van der Waals surface area contributed by atoms with Gasteiger partial charge in [0.2, 0.25) is 0 Å². The average Bonchev–Trinajstić information content (AvgIpc) is 3.05. The number of hydrogen-bond acceptors (Lipinski definition) is 2. The van der Waals surface area contributed by atoms with E-state index < -0.39 is 0 Å². The molecule has 0 fully saturated rings. The fraction of sp³-hybridized carbons (Fsp3) is 0.143. The van der Waals surface area contributed by atoms with Gasteiger partial charge in [-0.1, -0.05) is 49.2 Å². The summed E-state index contributed by atoms with van der Waals surface area (Å²) in [4.78, 5) is 12.6.